The van der Waals surface area contributed by atoms with Gasteiger partial charge in [0.2, 0.25) is 0 Å². The molecule has 7 heteroatoms. The molecule has 0 amide bonds. The number of esters is 1. The molecule has 3 rings (SSSR count). The van der Waals surface area contributed by atoms with E-state index in [2.05, 4.69) is 4.98 Å². The zero-order valence-electron chi connectivity index (χ0n) is 12.2. The smallest absolute Gasteiger partial charge is 0.331 e. The van der Waals surface area contributed by atoms with Gasteiger partial charge < -0.3 is 9.47 Å². The first-order valence-electron chi connectivity index (χ1n) is 6.76. The molecule has 0 saturated carbocycles. The number of nitrogens with zero attached hydrogens (tertiary/aromatic N) is 2. The second-order valence-corrected chi connectivity index (χ2v) is 5.87. The van der Waals surface area contributed by atoms with Crippen LogP contribution in [0, 0.1) is 0 Å². The Kier molecular flexibility index (Phi) is 4.64. The number of imidazole rings is 1. The van der Waals surface area contributed by atoms with Crippen molar-refractivity contribution in [2.75, 3.05) is 7.11 Å². The van der Waals surface area contributed by atoms with Crippen LogP contribution in [-0.2, 0) is 16.1 Å². The molecule has 0 aliphatic carbocycles. The van der Waals surface area contributed by atoms with Gasteiger partial charge in [0.1, 0.15) is 12.4 Å². The Morgan fingerprint density at radius 2 is 2.35 bits per heavy atom. The van der Waals surface area contributed by atoms with Gasteiger partial charge in [-0.2, -0.15) is 0 Å². The average Bonchev–Trinajstić information content (AvgIpc) is 3.12. The van der Waals surface area contributed by atoms with E-state index >= 15 is 0 Å². The number of carbonyl (C=O) groups is 1. The summed E-state index contributed by atoms with van der Waals surface area (Å²) in [6, 6.07) is 7.36. The fraction of sp³-hybridized carbons (Fsp3) is 0.125. The second kappa shape index (κ2) is 6.85. The van der Waals surface area contributed by atoms with Crippen LogP contribution in [0.3, 0.4) is 0 Å². The number of thiazole rings is 1. The van der Waals surface area contributed by atoms with E-state index in [4.69, 9.17) is 21.1 Å². The van der Waals surface area contributed by atoms with Gasteiger partial charge >= 0.3 is 5.97 Å². The normalized spacial score (nSPS) is 11.2. The fourth-order valence-corrected chi connectivity index (χ4v) is 3.04. The quantitative estimate of drug-likeness (QED) is 0.519. The van der Waals surface area contributed by atoms with E-state index in [0.29, 0.717) is 10.8 Å². The number of halogens is 1. The van der Waals surface area contributed by atoms with Crippen LogP contribution in [0.25, 0.3) is 11.0 Å². The second-order valence-electron chi connectivity index (χ2n) is 4.64. The number of benzene rings is 1. The van der Waals surface area contributed by atoms with E-state index in [1.807, 2.05) is 40.2 Å². The van der Waals surface area contributed by atoms with Crippen molar-refractivity contribution in [3.63, 3.8) is 0 Å². The third kappa shape index (κ3) is 3.55. The molecule has 0 atom stereocenters. The van der Waals surface area contributed by atoms with Crippen LogP contribution in [0.15, 0.2) is 41.9 Å². The lowest BCUT2D eigenvalue weighted by atomic mass is 10.2. The maximum Gasteiger partial charge on any atom is 0.331 e. The summed E-state index contributed by atoms with van der Waals surface area (Å²) >= 11 is 7.53. The Morgan fingerprint density at radius 1 is 1.48 bits per heavy atom. The molecule has 0 unspecified atom stereocenters. The standard InChI is InChI=1S/C16H13ClN2O3S/c1-21-12-4-2-3-11(9-12)10-22-14(20)6-5-13-15(17)18-16-19(13)7-8-23-16/h2-9H,10H2,1H3/b6-5+. The summed E-state index contributed by atoms with van der Waals surface area (Å²) < 4.78 is 12.2. The van der Waals surface area contributed by atoms with Crippen molar-refractivity contribution < 1.29 is 14.3 Å². The summed E-state index contributed by atoms with van der Waals surface area (Å²) in [4.78, 5) is 16.8. The molecule has 0 saturated heterocycles. The molecule has 0 fully saturated rings. The number of fused-ring (bicyclic) bond motifs is 1. The van der Waals surface area contributed by atoms with E-state index in [-0.39, 0.29) is 6.61 Å². The minimum absolute atomic E-state index is 0.175. The number of hydrogen-bond donors (Lipinski definition) is 0. The molecule has 23 heavy (non-hydrogen) atoms. The Morgan fingerprint density at radius 3 is 3.17 bits per heavy atom. The summed E-state index contributed by atoms with van der Waals surface area (Å²) in [6.45, 7) is 0.175. The summed E-state index contributed by atoms with van der Waals surface area (Å²) in [6.07, 6.45) is 4.79. The molecule has 0 radical (unpaired) electrons. The lowest BCUT2D eigenvalue weighted by molar-refractivity contribution is -0.138. The van der Waals surface area contributed by atoms with Gasteiger partial charge in [-0.25, -0.2) is 9.78 Å². The van der Waals surface area contributed by atoms with Crippen LogP contribution >= 0.6 is 22.9 Å². The number of aromatic nitrogens is 2. The molecule has 2 heterocycles. The summed E-state index contributed by atoms with van der Waals surface area (Å²) in [7, 11) is 1.59. The van der Waals surface area contributed by atoms with Gasteiger partial charge in [0.25, 0.3) is 0 Å². The first-order valence-corrected chi connectivity index (χ1v) is 8.02. The SMILES string of the molecule is COc1cccc(COC(=O)/C=C/c2c(Cl)nc3sccn23)c1. The molecule has 3 aromatic rings. The minimum Gasteiger partial charge on any atom is -0.497 e. The molecule has 0 aliphatic heterocycles. The lowest BCUT2D eigenvalue weighted by Crippen LogP contribution is -2.01. The molecule has 118 valence electrons. The number of rotatable bonds is 5. The zero-order valence-corrected chi connectivity index (χ0v) is 13.8. The molecule has 1 aromatic carbocycles. The van der Waals surface area contributed by atoms with Crippen LogP contribution in [0.4, 0.5) is 0 Å². The average molecular weight is 349 g/mol. The fourth-order valence-electron chi connectivity index (χ4n) is 2.04. The first-order chi connectivity index (χ1) is 11.2. The highest BCUT2D eigenvalue weighted by Crippen LogP contribution is 2.22. The Bertz CT molecular complexity index is 869. The van der Waals surface area contributed by atoms with Crippen molar-refractivity contribution in [3.8, 4) is 5.75 Å². The molecular formula is C16H13ClN2O3S. The van der Waals surface area contributed by atoms with Gasteiger partial charge in [0.05, 0.1) is 12.8 Å². The van der Waals surface area contributed by atoms with Crippen LogP contribution in [-0.4, -0.2) is 22.5 Å². The minimum atomic E-state index is -0.450. The Hall–Kier alpha value is -2.31. The van der Waals surface area contributed by atoms with E-state index in [0.717, 1.165) is 16.3 Å². The van der Waals surface area contributed by atoms with Crippen LogP contribution in [0.5, 0.6) is 5.75 Å². The van der Waals surface area contributed by atoms with E-state index in [9.17, 15) is 4.79 Å². The highest BCUT2D eigenvalue weighted by atomic mass is 35.5. The third-order valence-corrected chi connectivity index (χ3v) is 4.18. The number of carbonyl (C=O) groups excluding carboxylic acids is 1. The van der Waals surface area contributed by atoms with Gasteiger partial charge in [0.15, 0.2) is 10.1 Å². The predicted molar refractivity (Wildman–Crippen MR) is 89.9 cm³/mol. The van der Waals surface area contributed by atoms with Gasteiger partial charge in [-0.1, -0.05) is 23.7 Å². The molecule has 0 bridgehead atoms. The first kappa shape index (κ1) is 15.6. The van der Waals surface area contributed by atoms with Crippen molar-refractivity contribution in [3.05, 3.63) is 58.3 Å². The largest absolute Gasteiger partial charge is 0.497 e. The molecule has 2 aromatic heterocycles. The summed E-state index contributed by atoms with van der Waals surface area (Å²) in [5, 5.41) is 2.26. The van der Waals surface area contributed by atoms with Crippen molar-refractivity contribution in [2.45, 2.75) is 6.61 Å². The zero-order chi connectivity index (χ0) is 16.2. The molecule has 5 nitrogen and oxygen atoms in total. The maximum atomic E-state index is 11.8. The van der Waals surface area contributed by atoms with Crippen LogP contribution < -0.4 is 4.74 Å². The van der Waals surface area contributed by atoms with Gasteiger partial charge in [0, 0.05) is 17.7 Å². The highest BCUT2D eigenvalue weighted by Gasteiger charge is 2.09. The van der Waals surface area contributed by atoms with Gasteiger partial charge in [-0.05, 0) is 23.8 Å². The monoisotopic (exact) mass is 348 g/mol. The van der Waals surface area contributed by atoms with Crippen molar-refractivity contribution >= 4 is 39.9 Å². The number of ether oxygens (including phenoxy) is 2. The predicted octanol–water partition coefficient (Wildman–Crippen LogP) is 3.81. The molecular weight excluding hydrogens is 336 g/mol. The van der Waals surface area contributed by atoms with E-state index < -0.39 is 5.97 Å². The number of hydrogen-bond acceptors (Lipinski definition) is 5. The van der Waals surface area contributed by atoms with Crippen molar-refractivity contribution in [1.82, 2.24) is 9.38 Å². The third-order valence-electron chi connectivity index (χ3n) is 3.15. The van der Waals surface area contributed by atoms with E-state index in [1.54, 1.807) is 13.2 Å². The van der Waals surface area contributed by atoms with Crippen LogP contribution in [0.1, 0.15) is 11.3 Å². The molecule has 0 N–H and O–H groups in total. The summed E-state index contributed by atoms with van der Waals surface area (Å²) in [5.41, 5.74) is 1.51. The highest BCUT2D eigenvalue weighted by molar-refractivity contribution is 7.15. The molecule has 0 aliphatic rings. The van der Waals surface area contributed by atoms with Gasteiger partial charge in [-0.3, -0.25) is 4.40 Å². The van der Waals surface area contributed by atoms with Gasteiger partial charge in [-0.15, -0.1) is 11.3 Å². The summed E-state index contributed by atoms with van der Waals surface area (Å²) in [5.74, 6) is 0.272. The van der Waals surface area contributed by atoms with Crippen molar-refractivity contribution in [1.29, 1.82) is 0 Å². The van der Waals surface area contributed by atoms with Crippen LogP contribution in [0.2, 0.25) is 5.15 Å². The lowest BCUT2D eigenvalue weighted by Gasteiger charge is -2.04. The van der Waals surface area contributed by atoms with Crippen molar-refractivity contribution in [2.24, 2.45) is 0 Å². The topological polar surface area (TPSA) is 52.8 Å². The Balaban J connectivity index is 1.65. The van der Waals surface area contributed by atoms with E-state index in [1.165, 1.54) is 17.4 Å². The Labute approximate surface area is 141 Å². The molecule has 0 spiro atoms. The maximum absolute atomic E-state index is 11.8. The number of methoxy groups -OCH3 is 1.